The van der Waals surface area contributed by atoms with Crippen molar-refractivity contribution >= 4 is 34.5 Å². The molecule has 0 aliphatic heterocycles. The smallest absolute Gasteiger partial charge is 0.297 e. The van der Waals surface area contributed by atoms with Crippen molar-refractivity contribution in [3.63, 3.8) is 0 Å². The van der Waals surface area contributed by atoms with Gasteiger partial charge in [0.25, 0.3) is 5.56 Å². The molecule has 0 N–H and O–H groups in total. The molecule has 140 valence electrons. The predicted molar refractivity (Wildman–Crippen MR) is 120 cm³/mol. The van der Waals surface area contributed by atoms with E-state index in [0.717, 1.165) is 22.7 Å². The number of nitrogens with zero attached hydrogens (tertiary/aromatic N) is 3. The standard InChI is InChI=1S/C22H18IN3O2/c1-15-21(22(27)26(25(15)2)18-6-4-3-5-7-18)24-14-19-12-13-20(28-19)16-8-10-17(23)11-9-16/h3-14H,1-2H3. The van der Waals surface area contributed by atoms with Crippen molar-refractivity contribution in [1.82, 2.24) is 9.36 Å². The summed E-state index contributed by atoms with van der Waals surface area (Å²) >= 11 is 2.27. The quantitative estimate of drug-likeness (QED) is 0.300. The highest BCUT2D eigenvalue weighted by atomic mass is 127. The SMILES string of the molecule is Cc1c(N=Cc2ccc(-c3ccc(I)cc3)o2)c(=O)n(-c2ccccc2)n1C. The van der Waals surface area contributed by atoms with Gasteiger partial charge in [-0.1, -0.05) is 30.3 Å². The first-order chi connectivity index (χ1) is 13.5. The van der Waals surface area contributed by atoms with Crippen LogP contribution in [0.1, 0.15) is 11.5 Å². The van der Waals surface area contributed by atoms with E-state index in [-0.39, 0.29) is 5.56 Å². The van der Waals surface area contributed by atoms with Gasteiger partial charge < -0.3 is 4.42 Å². The van der Waals surface area contributed by atoms with Gasteiger partial charge in [0, 0.05) is 16.2 Å². The monoisotopic (exact) mass is 483 g/mol. The van der Waals surface area contributed by atoms with Crippen LogP contribution in [0.4, 0.5) is 5.69 Å². The number of hydrogen-bond donors (Lipinski definition) is 0. The van der Waals surface area contributed by atoms with Crippen molar-refractivity contribution in [3.8, 4) is 17.0 Å². The zero-order chi connectivity index (χ0) is 19.7. The molecule has 2 aromatic carbocycles. The van der Waals surface area contributed by atoms with Crippen molar-refractivity contribution < 1.29 is 4.42 Å². The third-order valence-corrected chi connectivity index (χ3v) is 5.32. The first kappa shape index (κ1) is 18.5. The largest absolute Gasteiger partial charge is 0.455 e. The fraction of sp³-hybridized carbons (Fsp3) is 0.0909. The number of benzene rings is 2. The first-order valence-electron chi connectivity index (χ1n) is 8.78. The lowest BCUT2D eigenvalue weighted by atomic mass is 10.2. The Hall–Kier alpha value is -2.87. The van der Waals surface area contributed by atoms with Crippen LogP contribution in [0.5, 0.6) is 0 Å². The van der Waals surface area contributed by atoms with Crippen LogP contribution in [0.15, 0.2) is 80.9 Å². The van der Waals surface area contributed by atoms with Crippen molar-refractivity contribution in [2.75, 3.05) is 0 Å². The lowest BCUT2D eigenvalue weighted by molar-refractivity contribution is 0.575. The Morgan fingerprint density at radius 3 is 2.43 bits per heavy atom. The van der Waals surface area contributed by atoms with Crippen molar-refractivity contribution in [2.45, 2.75) is 6.92 Å². The second-order valence-electron chi connectivity index (χ2n) is 6.38. The van der Waals surface area contributed by atoms with E-state index in [0.29, 0.717) is 11.4 Å². The first-order valence-corrected chi connectivity index (χ1v) is 9.86. The van der Waals surface area contributed by atoms with Crippen LogP contribution in [0.3, 0.4) is 0 Å². The number of furan rings is 1. The summed E-state index contributed by atoms with van der Waals surface area (Å²) in [6.45, 7) is 1.88. The van der Waals surface area contributed by atoms with E-state index in [4.69, 9.17) is 4.42 Å². The summed E-state index contributed by atoms with van der Waals surface area (Å²) in [4.78, 5) is 17.3. The van der Waals surface area contributed by atoms with Crippen LogP contribution < -0.4 is 5.56 Å². The van der Waals surface area contributed by atoms with Gasteiger partial charge in [-0.25, -0.2) is 9.67 Å². The molecule has 0 bridgehead atoms. The van der Waals surface area contributed by atoms with E-state index >= 15 is 0 Å². The molecule has 0 spiro atoms. The van der Waals surface area contributed by atoms with Crippen LogP contribution in [-0.4, -0.2) is 15.6 Å². The van der Waals surface area contributed by atoms with Crippen LogP contribution in [0.2, 0.25) is 0 Å². The molecular weight excluding hydrogens is 465 g/mol. The number of para-hydroxylation sites is 1. The average Bonchev–Trinajstić information content (AvgIpc) is 3.25. The molecule has 28 heavy (non-hydrogen) atoms. The van der Waals surface area contributed by atoms with Crippen molar-refractivity contribution in [3.05, 3.63) is 92.1 Å². The number of aliphatic imine (C=N–C) groups is 1. The Labute approximate surface area is 176 Å². The summed E-state index contributed by atoms with van der Waals surface area (Å²) in [6, 6.07) is 21.4. The van der Waals surface area contributed by atoms with E-state index in [1.54, 1.807) is 10.9 Å². The third kappa shape index (κ3) is 3.47. The highest BCUT2D eigenvalue weighted by Gasteiger charge is 2.15. The summed E-state index contributed by atoms with van der Waals surface area (Å²) < 4.78 is 10.5. The molecular formula is C22H18IN3O2. The third-order valence-electron chi connectivity index (χ3n) is 4.60. The number of hydrogen-bond acceptors (Lipinski definition) is 3. The molecule has 0 aliphatic rings. The topological polar surface area (TPSA) is 52.4 Å². The van der Waals surface area contributed by atoms with Gasteiger partial charge in [0.1, 0.15) is 11.5 Å². The van der Waals surface area contributed by atoms with E-state index < -0.39 is 0 Å². The Bertz CT molecular complexity index is 1200. The minimum Gasteiger partial charge on any atom is -0.455 e. The van der Waals surface area contributed by atoms with Gasteiger partial charge in [-0.2, -0.15) is 0 Å². The Morgan fingerprint density at radius 2 is 1.71 bits per heavy atom. The maximum Gasteiger partial charge on any atom is 0.297 e. The van der Waals surface area contributed by atoms with Crippen molar-refractivity contribution in [1.29, 1.82) is 0 Å². The summed E-state index contributed by atoms with van der Waals surface area (Å²) in [6.07, 6.45) is 1.59. The normalized spacial score (nSPS) is 11.4. The van der Waals surface area contributed by atoms with Gasteiger partial charge in [-0.15, -0.1) is 0 Å². The van der Waals surface area contributed by atoms with Gasteiger partial charge in [0.2, 0.25) is 0 Å². The zero-order valence-electron chi connectivity index (χ0n) is 15.5. The molecule has 4 aromatic rings. The molecule has 5 nitrogen and oxygen atoms in total. The Morgan fingerprint density at radius 1 is 1.00 bits per heavy atom. The molecule has 0 saturated carbocycles. The lowest BCUT2D eigenvalue weighted by Gasteiger charge is -2.07. The van der Waals surface area contributed by atoms with Gasteiger partial charge >= 0.3 is 0 Å². The Kier molecular flexibility index (Phi) is 5.04. The summed E-state index contributed by atoms with van der Waals surface area (Å²) in [7, 11) is 1.85. The molecule has 4 rings (SSSR count). The molecule has 0 amide bonds. The van der Waals surface area contributed by atoms with Crippen LogP contribution in [-0.2, 0) is 7.05 Å². The number of halogens is 1. The lowest BCUT2D eigenvalue weighted by Crippen LogP contribution is -2.19. The highest BCUT2D eigenvalue weighted by molar-refractivity contribution is 14.1. The van der Waals surface area contributed by atoms with Crippen LogP contribution in [0, 0.1) is 10.5 Å². The molecule has 0 saturated heterocycles. The van der Waals surface area contributed by atoms with E-state index in [1.165, 1.54) is 3.57 Å². The van der Waals surface area contributed by atoms with Gasteiger partial charge in [-0.05, 0) is 65.9 Å². The van der Waals surface area contributed by atoms with Crippen LogP contribution in [0.25, 0.3) is 17.0 Å². The van der Waals surface area contributed by atoms with E-state index in [2.05, 4.69) is 27.6 Å². The van der Waals surface area contributed by atoms with Gasteiger partial charge in [0.15, 0.2) is 5.69 Å². The molecule has 0 unspecified atom stereocenters. The second kappa shape index (κ2) is 7.63. The zero-order valence-corrected chi connectivity index (χ0v) is 17.6. The summed E-state index contributed by atoms with van der Waals surface area (Å²) in [5.74, 6) is 1.37. The molecule has 0 fully saturated rings. The minimum atomic E-state index is -0.160. The summed E-state index contributed by atoms with van der Waals surface area (Å²) in [5, 5.41) is 0. The maximum atomic E-state index is 12.9. The number of aromatic nitrogens is 2. The fourth-order valence-electron chi connectivity index (χ4n) is 3.02. The fourth-order valence-corrected chi connectivity index (χ4v) is 3.38. The van der Waals surface area contributed by atoms with E-state index in [9.17, 15) is 4.79 Å². The van der Waals surface area contributed by atoms with E-state index in [1.807, 2.05) is 85.4 Å². The highest BCUT2D eigenvalue weighted by Crippen LogP contribution is 2.23. The minimum absolute atomic E-state index is 0.160. The Balaban J connectivity index is 1.66. The van der Waals surface area contributed by atoms with Gasteiger partial charge in [0.05, 0.1) is 17.6 Å². The molecule has 0 aliphatic carbocycles. The van der Waals surface area contributed by atoms with Crippen LogP contribution >= 0.6 is 22.6 Å². The second-order valence-corrected chi connectivity index (χ2v) is 7.62. The molecule has 6 heteroatoms. The molecule has 0 radical (unpaired) electrons. The number of rotatable bonds is 4. The molecule has 2 heterocycles. The van der Waals surface area contributed by atoms with Gasteiger partial charge in [-0.3, -0.25) is 9.48 Å². The average molecular weight is 483 g/mol. The molecule has 2 aromatic heterocycles. The predicted octanol–water partition coefficient (Wildman–Crippen LogP) is 5.10. The molecule has 0 atom stereocenters. The van der Waals surface area contributed by atoms with Crippen molar-refractivity contribution in [2.24, 2.45) is 12.0 Å². The maximum absolute atomic E-state index is 12.9. The summed E-state index contributed by atoms with van der Waals surface area (Å²) in [5.41, 5.74) is 2.83.